The number of nitrogens with zero attached hydrogens (tertiary/aromatic N) is 1. The van der Waals surface area contributed by atoms with Gasteiger partial charge in [-0.05, 0) is 37.0 Å². The van der Waals surface area contributed by atoms with Crippen LogP contribution in [0.25, 0.3) is 0 Å². The lowest BCUT2D eigenvalue weighted by Crippen LogP contribution is -2.43. The first-order valence-corrected chi connectivity index (χ1v) is 9.28. The van der Waals surface area contributed by atoms with Crippen LogP contribution in [0.2, 0.25) is 5.02 Å². The van der Waals surface area contributed by atoms with Crippen LogP contribution < -0.4 is 0 Å². The van der Waals surface area contributed by atoms with Crippen LogP contribution in [0.3, 0.4) is 0 Å². The smallest absolute Gasteiger partial charge is 0.233 e. The lowest BCUT2D eigenvalue weighted by atomic mass is 9.94. The van der Waals surface area contributed by atoms with E-state index in [9.17, 15) is 13.2 Å². The summed E-state index contributed by atoms with van der Waals surface area (Å²) in [6, 6.07) is 7.19. The van der Waals surface area contributed by atoms with Gasteiger partial charge in [0, 0.05) is 18.1 Å². The number of hydrogen-bond donors (Lipinski definition) is 0. The van der Waals surface area contributed by atoms with E-state index in [0.29, 0.717) is 11.4 Å². The molecule has 1 unspecified atom stereocenters. The van der Waals surface area contributed by atoms with Crippen LogP contribution in [0.5, 0.6) is 0 Å². The van der Waals surface area contributed by atoms with Crippen LogP contribution in [0.1, 0.15) is 24.8 Å². The number of amides is 1. The van der Waals surface area contributed by atoms with E-state index in [-0.39, 0.29) is 23.5 Å². The van der Waals surface area contributed by atoms with Crippen molar-refractivity contribution in [1.82, 2.24) is 4.90 Å². The molecule has 1 aromatic rings. The summed E-state index contributed by atoms with van der Waals surface area (Å²) in [6.07, 6.45) is 2.18. The van der Waals surface area contributed by atoms with Crippen molar-refractivity contribution >= 4 is 27.3 Å². The van der Waals surface area contributed by atoms with Gasteiger partial charge in [0.25, 0.3) is 0 Å². The highest BCUT2D eigenvalue weighted by Gasteiger charge is 2.53. The van der Waals surface area contributed by atoms with Gasteiger partial charge in [0.2, 0.25) is 5.91 Å². The second-order valence-electron chi connectivity index (χ2n) is 6.06. The van der Waals surface area contributed by atoms with Crippen molar-refractivity contribution in [2.45, 2.75) is 30.7 Å². The number of carbonyl (C=O) groups excluding carboxylic acids is 1. The van der Waals surface area contributed by atoms with Gasteiger partial charge in [-0.15, -0.1) is 0 Å². The summed E-state index contributed by atoms with van der Waals surface area (Å²) in [5.74, 6) is 0.307. The van der Waals surface area contributed by atoms with Crippen LogP contribution in [-0.4, -0.2) is 43.8 Å². The fourth-order valence-corrected chi connectivity index (χ4v) is 5.00. The molecule has 2 fully saturated rings. The summed E-state index contributed by atoms with van der Waals surface area (Å²) >= 11 is 5.90. The Kier molecular flexibility index (Phi) is 3.53. The third kappa shape index (κ3) is 2.69. The molecule has 1 saturated heterocycles. The van der Waals surface area contributed by atoms with E-state index in [4.69, 9.17) is 11.6 Å². The minimum Gasteiger partial charge on any atom is -0.341 e. The number of benzene rings is 1. The molecule has 1 atom stereocenters. The monoisotopic (exact) mass is 327 g/mol. The lowest BCUT2D eigenvalue weighted by molar-refractivity contribution is -0.134. The number of halogens is 1. The molecule has 0 spiro atoms. The van der Waals surface area contributed by atoms with Crippen LogP contribution in [0.4, 0.5) is 0 Å². The molecule has 0 radical (unpaired) electrons. The maximum atomic E-state index is 12.8. The highest BCUT2D eigenvalue weighted by molar-refractivity contribution is 7.91. The number of likely N-dealkylation sites (N-methyl/N-ethyl adjacent to an activating group) is 1. The molecule has 1 aliphatic carbocycles. The van der Waals surface area contributed by atoms with E-state index >= 15 is 0 Å². The summed E-state index contributed by atoms with van der Waals surface area (Å²) in [4.78, 5) is 14.5. The molecular weight excluding hydrogens is 310 g/mol. The normalized spacial score (nSPS) is 25.5. The molecule has 114 valence electrons. The van der Waals surface area contributed by atoms with Gasteiger partial charge in [-0.25, -0.2) is 8.42 Å². The molecule has 1 heterocycles. The third-order valence-electron chi connectivity index (χ3n) is 4.63. The predicted molar refractivity (Wildman–Crippen MR) is 82.2 cm³/mol. The Morgan fingerprint density at radius 3 is 2.38 bits per heavy atom. The zero-order valence-electron chi connectivity index (χ0n) is 11.9. The van der Waals surface area contributed by atoms with Gasteiger partial charge in [-0.2, -0.15) is 0 Å². The summed E-state index contributed by atoms with van der Waals surface area (Å²) in [5, 5.41) is 0.650. The number of hydrogen-bond acceptors (Lipinski definition) is 3. The Morgan fingerprint density at radius 2 is 1.90 bits per heavy atom. The van der Waals surface area contributed by atoms with Crippen molar-refractivity contribution < 1.29 is 13.2 Å². The van der Waals surface area contributed by atoms with E-state index < -0.39 is 15.3 Å². The Labute approximate surface area is 130 Å². The Hall–Kier alpha value is -1.07. The van der Waals surface area contributed by atoms with Crippen LogP contribution >= 0.6 is 11.6 Å². The molecule has 6 heteroatoms. The van der Waals surface area contributed by atoms with E-state index in [1.54, 1.807) is 24.1 Å². The molecule has 2 aliphatic rings. The minimum atomic E-state index is -2.98. The fraction of sp³-hybridized carbons (Fsp3) is 0.533. The van der Waals surface area contributed by atoms with Gasteiger partial charge in [-0.3, -0.25) is 4.79 Å². The molecule has 1 amide bonds. The van der Waals surface area contributed by atoms with Crippen LogP contribution in [0, 0.1) is 0 Å². The number of sulfone groups is 1. The third-order valence-corrected chi connectivity index (χ3v) is 6.63. The first-order valence-electron chi connectivity index (χ1n) is 7.08. The number of rotatable bonds is 3. The molecule has 0 bridgehead atoms. The van der Waals surface area contributed by atoms with Crippen molar-refractivity contribution in [3.05, 3.63) is 34.9 Å². The van der Waals surface area contributed by atoms with Crippen molar-refractivity contribution in [3.8, 4) is 0 Å². The quantitative estimate of drug-likeness (QED) is 0.853. The topological polar surface area (TPSA) is 54.5 Å². The Balaban J connectivity index is 1.80. The molecular formula is C15H18ClNO3S. The second-order valence-corrected chi connectivity index (χ2v) is 8.73. The average molecular weight is 328 g/mol. The van der Waals surface area contributed by atoms with Crippen LogP contribution in [0.15, 0.2) is 24.3 Å². The minimum absolute atomic E-state index is 0.0342. The Bertz CT molecular complexity index is 665. The van der Waals surface area contributed by atoms with Crippen molar-refractivity contribution in [3.63, 3.8) is 0 Å². The summed E-state index contributed by atoms with van der Waals surface area (Å²) in [7, 11) is -1.25. The van der Waals surface area contributed by atoms with Crippen molar-refractivity contribution in [2.24, 2.45) is 0 Å². The van der Waals surface area contributed by atoms with E-state index in [2.05, 4.69) is 0 Å². The number of carbonyl (C=O) groups is 1. The van der Waals surface area contributed by atoms with Gasteiger partial charge in [0.05, 0.1) is 16.9 Å². The van der Waals surface area contributed by atoms with Gasteiger partial charge in [0.1, 0.15) is 0 Å². The largest absolute Gasteiger partial charge is 0.341 e. The van der Waals surface area contributed by atoms with Gasteiger partial charge < -0.3 is 4.90 Å². The molecule has 21 heavy (non-hydrogen) atoms. The van der Waals surface area contributed by atoms with Gasteiger partial charge >= 0.3 is 0 Å². The molecule has 1 saturated carbocycles. The lowest BCUT2D eigenvalue weighted by Gasteiger charge is -2.28. The van der Waals surface area contributed by atoms with Crippen molar-refractivity contribution in [1.29, 1.82) is 0 Å². The van der Waals surface area contributed by atoms with Crippen molar-refractivity contribution in [2.75, 3.05) is 18.6 Å². The first kappa shape index (κ1) is 14.9. The summed E-state index contributed by atoms with van der Waals surface area (Å²) < 4.78 is 23.2. The molecule has 1 aliphatic heterocycles. The molecule has 3 rings (SSSR count). The highest BCUT2D eigenvalue weighted by atomic mass is 35.5. The predicted octanol–water partition coefficient (Wildman–Crippen LogP) is 2.02. The standard InChI is InChI=1S/C15H18ClNO3S/c1-17(13-6-9-21(19,20)10-13)14(18)15(7-8-15)11-2-4-12(16)5-3-11/h2-5,13H,6-10H2,1H3. The van der Waals surface area contributed by atoms with E-state index in [1.165, 1.54) is 0 Å². The van der Waals surface area contributed by atoms with Crippen LogP contribution in [-0.2, 0) is 20.0 Å². The molecule has 0 N–H and O–H groups in total. The zero-order chi connectivity index (χ0) is 15.3. The maximum absolute atomic E-state index is 12.8. The molecule has 4 nitrogen and oxygen atoms in total. The average Bonchev–Trinajstić information content (AvgIpc) is 3.17. The molecule has 1 aromatic carbocycles. The molecule has 0 aromatic heterocycles. The summed E-state index contributed by atoms with van der Waals surface area (Å²) in [5.41, 5.74) is 0.510. The fourth-order valence-electron chi connectivity index (χ4n) is 3.10. The first-order chi connectivity index (χ1) is 9.84. The maximum Gasteiger partial charge on any atom is 0.233 e. The zero-order valence-corrected chi connectivity index (χ0v) is 13.5. The second kappa shape index (κ2) is 4.99. The van der Waals surface area contributed by atoms with Gasteiger partial charge in [0.15, 0.2) is 9.84 Å². The SMILES string of the molecule is CN(C(=O)C1(c2ccc(Cl)cc2)CC1)C1CCS(=O)(=O)C1. The summed E-state index contributed by atoms with van der Waals surface area (Å²) in [6.45, 7) is 0. The highest BCUT2D eigenvalue weighted by Crippen LogP contribution is 2.50. The van der Waals surface area contributed by atoms with E-state index in [0.717, 1.165) is 18.4 Å². The Morgan fingerprint density at radius 1 is 1.29 bits per heavy atom. The van der Waals surface area contributed by atoms with E-state index in [1.807, 2.05) is 12.1 Å². The van der Waals surface area contributed by atoms with Gasteiger partial charge in [-0.1, -0.05) is 23.7 Å².